The molecule has 0 fully saturated rings. The van der Waals surface area contributed by atoms with Gasteiger partial charge in [0.25, 0.3) is 0 Å². The number of halogens is 1. The van der Waals surface area contributed by atoms with Crippen LogP contribution in [0.3, 0.4) is 0 Å². The molecule has 90 valence electrons. The number of benzene rings is 1. The van der Waals surface area contributed by atoms with Crippen LogP contribution in [0, 0.1) is 6.92 Å². The molecule has 16 heavy (non-hydrogen) atoms. The summed E-state index contributed by atoms with van der Waals surface area (Å²) in [6, 6.07) is 3.80. The van der Waals surface area contributed by atoms with Crippen LogP contribution in [0.4, 0.5) is 11.4 Å². The molecule has 4 heteroatoms. The van der Waals surface area contributed by atoms with Gasteiger partial charge in [0.15, 0.2) is 0 Å². The first kappa shape index (κ1) is 13.5. The number of aryl methyl sites for hydroxylation is 1. The Kier molecular flexibility index (Phi) is 5.29. The first-order chi connectivity index (χ1) is 7.54. The van der Waals surface area contributed by atoms with E-state index in [1.807, 2.05) is 30.8 Å². The highest BCUT2D eigenvalue weighted by atomic mass is 35.5. The molecule has 2 nitrogen and oxygen atoms in total. The quantitative estimate of drug-likeness (QED) is 0.790. The zero-order valence-electron chi connectivity index (χ0n) is 10.0. The Morgan fingerprint density at radius 2 is 2.19 bits per heavy atom. The van der Waals surface area contributed by atoms with Gasteiger partial charge in [-0.3, -0.25) is 0 Å². The maximum Gasteiger partial charge on any atom is 0.0656 e. The summed E-state index contributed by atoms with van der Waals surface area (Å²) >= 11 is 7.87. The third-order valence-corrected chi connectivity index (χ3v) is 3.98. The Balaban J connectivity index is 2.57. The number of nitrogens with two attached hydrogens (primary N) is 1. The first-order valence-electron chi connectivity index (χ1n) is 5.37. The van der Waals surface area contributed by atoms with Crippen LogP contribution in [0.1, 0.15) is 18.9 Å². The van der Waals surface area contributed by atoms with Gasteiger partial charge in [-0.1, -0.05) is 18.5 Å². The van der Waals surface area contributed by atoms with Gasteiger partial charge in [-0.15, -0.1) is 0 Å². The van der Waals surface area contributed by atoms with Crippen LogP contribution in [0.25, 0.3) is 0 Å². The lowest BCUT2D eigenvalue weighted by Crippen LogP contribution is -2.08. The highest BCUT2D eigenvalue weighted by Gasteiger charge is 2.04. The van der Waals surface area contributed by atoms with Crippen molar-refractivity contribution in [2.45, 2.75) is 25.5 Å². The smallest absolute Gasteiger partial charge is 0.0656 e. The fourth-order valence-electron chi connectivity index (χ4n) is 1.42. The number of hydrogen-bond acceptors (Lipinski definition) is 3. The molecule has 1 aromatic carbocycles. The van der Waals surface area contributed by atoms with Crippen LogP contribution in [0.15, 0.2) is 12.1 Å². The molecule has 0 aromatic heterocycles. The Morgan fingerprint density at radius 3 is 2.81 bits per heavy atom. The lowest BCUT2D eigenvalue weighted by Gasteiger charge is -2.13. The summed E-state index contributed by atoms with van der Waals surface area (Å²) in [5.74, 6) is 0. The van der Waals surface area contributed by atoms with Gasteiger partial charge in [0.1, 0.15) is 0 Å². The van der Waals surface area contributed by atoms with Crippen molar-refractivity contribution in [3.63, 3.8) is 0 Å². The lowest BCUT2D eigenvalue weighted by molar-refractivity contribution is 0.853. The molecule has 3 N–H and O–H groups in total. The third kappa shape index (κ3) is 3.80. The molecule has 1 aromatic rings. The molecular formula is C12H19ClN2S. The molecule has 1 atom stereocenters. The van der Waals surface area contributed by atoms with E-state index < -0.39 is 0 Å². The maximum absolute atomic E-state index is 5.99. The molecule has 0 radical (unpaired) electrons. The van der Waals surface area contributed by atoms with Gasteiger partial charge >= 0.3 is 0 Å². The van der Waals surface area contributed by atoms with Gasteiger partial charge in [-0.25, -0.2) is 0 Å². The molecule has 0 aliphatic rings. The second-order valence-electron chi connectivity index (χ2n) is 3.95. The van der Waals surface area contributed by atoms with E-state index in [9.17, 15) is 0 Å². The van der Waals surface area contributed by atoms with Crippen molar-refractivity contribution in [2.24, 2.45) is 0 Å². The van der Waals surface area contributed by atoms with Crippen LogP contribution < -0.4 is 11.1 Å². The molecule has 0 saturated heterocycles. The summed E-state index contributed by atoms with van der Waals surface area (Å²) in [6.07, 6.45) is 3.28. The summed E-state index contributed by atoms with van der Waals surface area (Å²) in [7, 11) is 0. The average molecular weight is 259 g/mol. The van der Waals surface area contributed by atoms with E-state index in [-0.39, 0.29) is 0 Å². The third-order valence-electron chi connectivity index (χ3n) is 2.61. The zero-order valence-corrected chi connectivity index (χ0v) is 11.6. The lowest BCUT2D eigenvalue weighted by atomic mass is 10.1. The average Bonchev–Trinajstić information content (AvgIpc) is 2.25. The van der Waals surface area contributed by atoms with Crippen LogP contribution >= 0.6 is 23.4 Å². The Hall–Kier alpha value is -0.540. The highest BCUT2D eigenvalue weighted by Crippen LogP contribution is 2.26. The second-order valence-corrected chi connectivity index (χ2v) is 5.63. The SMILES string of the molecule is CSC(C)CCNc1cc(Cl)c(N)cc1C. The van der Waals surface area contributed by atoms with E-state index in [0.717, 1.165) is 24.2 Å². The Bertz CT molecular complexity index is 355. The van der Waals surface area contributed by atoms with Crippen molar-refractivity contribution < 1.29 is 0 Å². The highest BCUT2D eigenvalue weighted by molar-refractivity contribution is 7.99. The molecule has 0 saturated carbocycles. The Morgan fingerprint density at radius 1 is 1.50 bits per heavy atom. The number of thioether (sulfide) groups is 1. The number of nitrogens with one attached hydrogen (secondary N) is 1. The molecule has 1 unspecified atom stereocenters. The van der Waals surface area contributed by atoms with Crippen LogP contribution in [0.5, 0.6) is 0 Å². The van der Waals surface area contributed by atoms with Gasteiger partial charge in [-0.05, 0) is 37.3 Å². The predicted octanol–water partition coefficient (Wildman–Crippen LogP) is 3.78. The molecule has 0 bridgehead atoms. The van der Waals surface area contributed by atoms with E-state index in [4.69, 9.17) is 17.3 Å². The largest absolute Gasteiger partial charge is 0.398 e. The van der Waals surface area contributed by atoms with Crippen molar-refractivity contribution in [3.8, 4) is 0 Å². The number of hydrogen-bond donors (Lipinski definition) is 2. The summed E-state index contributed by atoms with van der Waals surface area (Å²) in [5, 5.41) is 4.69. The van der Waals surface area contributed by atoms with E-state index in [0.29, 0.717) is 16.0 Å². The summed E-state index contributed by atoms with van der Waals surface area (Å²) in [6.45, 7) is 5.23. The minimum atomic E-state index is 0.617. The molecule has 1 rings (SSSR count). The van der Waals surface area contributed by atoms with Gasteiger partial charge in [-0.2, -0.15) is 11.8 Å². The fourth-order valence-corrected chi connectivity index (χ4v) is 1.94. The van der Waals surface area contributed by atoms with Gasteiger partial charge in [0, 0.05) is 17.5 Å². The van der Waals surface area contributed by atoms with Crippen molar-refractivity contribution >= 4 is 34.7 Å². The monoisotopic (exact) mass is 258 g/mol. The standard InChI is InChI=1S/C12H19ClN2S/c1-8-6-11(14)10(13)7-12(8)15-5-4-9(2)16-3/h6-7,9,15H,4-5,14H2,1-3H3. The summed E-state index contributed by atoms with van der Waals surface area (Å²) in [5.41, 5.74) is 8.58. The number of nitrogen functional groups attached to an aromatic ring is 1. The zero-order chi connectivity index (χ0) is 12.1. The molecule has 0 aliphatic carbocycles. The van der Waals surface area contributed by atoms with E-state index in [1.54, 1.807) is 0 Å². The Labute approximate surface area is 107 Å². The van der Waals surface area contributed by atoms with Crippen molar-refractivity contribution in [3.05, 3.63) is 22.7 Å². The molecule has 0 spiro atoms. The topological polar surface area (TPSA) is 38.0 Å². The predicted molar refractivity (Wildman–Crippen MR) is 76.7 cm³/mol. The van der Waals surface area contributed by atoms with E-state index in [1.165, 1.54) is 0 Å². The summed E-state index contributed by atoms with van der Waals surface area (Å²) in [4.78, 5) is 0. The molecule has 0 aliphatic heterocycles. The van der Waals surface area contributed by atoms with Crippen molar-refractivity contribution in [1.82, 2.24) is 0 Å². The van der Waals surface area contributed by atoms with Crippen LogP contribution in [0.2, 0.25) is 5.02 Å². The van der Waals surface area contributed by atoms with E-state index in [2.05, 4.69) is 18.5 Å². The minimum Gasteiger partial charge on any atom is -0.398 e. The molecule has 0 heterocycles. The van der Waals surface area contributed by atoms with Gasteiger partial charge < -0.3 is 11.1 Å². The minimum absolute atomic E-state index is 0.617. The summed E-state index contributed by atoms with van der Waals surface area (Å²) < 4.78 is 0. The van der Waals surface area contributed by atoms with Crippen LogP contribution in [-0.2, 0) is 0 Å². The van der Waals surface area contributed by atoms with Crippen LogP contribution in [-0.4, -0.2) is 18.1 Å². The fraction of sp³-hybridized carbons (Fsp3) is 0.500. The maximum atomic E-state index is 5.99. The second kappa shape index (κ2) is 6.26. The van der Waals surface area contributed by atoms with E-state index >= 15 is 0 Å². The molecular weight excluding hydrogens is 240 g/mol. The van der Waals surface area contributed by atoms with Gasteiger partial charge in [0.2, 0.25) is 0 Å². The first-order valence-corrected chi connectivity index (χ1v) is 7.03. The van der Waals surface area contributed by atoms with Crippen molar-refractivity contribution in [2.75, 3.05) is 23.9 Å². The van der Waals surface area contributed by atoms with Crippen molar-refractivity contribution in [1.29, 1.82) is 0 Å². The molecule has 0 amide bonds. The normalized spacial score (nSPS) is 12.5. The number of rotatable bonds is 5. The number of anilines is 2. The van der Waals surface area contributed by atoms with Gasteiger partial charge in [0.05, 0.1) is 10.7 Å².